The number of hydrogen-bond acceptors (Lipinski definition) is 7. The Kier molecular flexibility index (Phi) is 5.54. The lowest BCUT2D eigenvalue weighted by molar-refractivity contribution is -0.117. The number of amides is 1. The number of benzene rings is 1. The highest BCUT2D eigenvalue weighted by atomic mass is 32.2. The largest absolute Gasteiger partial charge is 0.360 e. The average Bonchev–Trinajstić information content (AvgIpc) is 2.86. The third-order valence-electron chi connectivity index (χ3n) is 3.49. The van der Waals surface area contributed by atoms with Crippen molar-refractivity contribution in [3.05, 3.63) is 35.7 Å². The maximum absolute atomic E-state index is 12.4. The van der Waals surface area contributed by atoms with Crippen LogP contribution < -0.4 is 10.0 Å². The Morgan fingerprint density at radius 3 is 2.38 bits per heavy atom. The lowest BCUT2D eigenvalue weighted by atomic mass is 10.3. The van der Waals surface area contributed by atoms with Crippen molar-refractivity contribution in [3.63, 3.8) is 0 Å². The van der Waals surface area contributed by atoms with Gasteiger partial charge >= 0.3 is 0 Å². The van der Waals surface area contributed by atoms with Crippen molar-refractivity contribution in [1.82, 2.24) is 9.88 Å². The first kappa shape index (κ1) is 20.1. The molecule has 1 amide bonds. The normalized spacial score (nSPS) is 13.4. The molecule has 0 bridgehead atoms. The van der Waals surface area contributed by atoms with Gasteiger partial charge in [0.2, 0.25) is 15.9 Å². The van der Waals surface area contributed by atoms with E-state index in [0.29, 0.717) is 0 Å². The molecule has 0 unspecified atom stereocenters. The number of rotatable bonds is 6. The second-order valence-corrected chi connectivity index (χ2v) is 9.45. The summed E-state index contributed by atoms with van der Waals surface area (Å²) in [5, 5.41) is 6.07. The molecule has 0 spiro atoms. The highest BCUT2D eigenvalue weighted by molar-refractivity contribution is 7.90. The van der Waals surface area contributed by atoms with Crippen LogP contribution in [0.3, 0.4) is 0 Å². The first-order valence-electron chi connectivity index (χ1n) is 7.48. The summed E-state index contributed by atoms with van der Waals surface area (Å²) in [4.78, 5) is 12.2. The van der Waals surface area contributed by atoms with Crippen LogP contribution in [0.4, 0.5) is 5.69 Å². The Labute approximate surface area is 151 Å². The molecule has 0 aliphatic carbocycles. The maximum atomic E-state index is 12.4. The topological polar surface area (TPSA) is 135 Å². The van der Waals surface area contributed by atoms with Crippen molar-refractivity contribution in [1.29, 1.82) is 0 Å². The van der Waals surface area contributed by atoms with Gasteiger partial charge in [0, 0.05) is 11.9 Å². The summed E-state index contributed by atoms with van der Waals surface area (Å²) in [6, 6.07) is 4.56. The Balaban J connectivity index is 2.16. The molecule has 9 nitrogen and oxygen atoms in total. The van der Waals surface area contributed by atoms with Crippen LogP contribution in [-0.2, 0) is 24.7 Å². The van der Waals surface area contributed by atoms with Gasteiger partial charge in [-0.3, -0.25) is 4.79 Å². The Hall–Kier alpha value is -2.24. The molecule has 142 valence electrons. The molecule has 0 saturated carbocycles. The van der Waals surface area contributed by atoms with Crippen molar-refractivity contribution in [2.75, 3.05) is 11.6 Å². The fraction of sp³-hybridized carbons (Fsp3) is 0.333. The van der Waals surface area contributed by atoms with Crippen molar-refractivity contribution in [2.24, 2.45) is 0 Å². The summed E-state index contributed by atoms with van der Waals surface area (Å²) in [6.07, 6.45) is 1.05. The molecule has 2 rings (SSSR count). The number of aromatic nitrogens is 1. The highest BCUT2D eigenvalue weighted by Crippen LogP contribution is 2.19. The quantitative estimate of drug-likeness (QED) is 0.737. The van der Waals surface area contributed by atoms with Gasteiger partial charge in [-0.1, -0.05) is 11.2 Å². The van der Waals surface area contributed by atoms with Crippen molar-refractivity contribution >= 4 is 31.5 Å². The van der Waals surface area contributed by atoms with Crippen LogP contribution in [0.25, 0.3) is 0 Å². The molecule has 0 fully saturated rings. The molecule has 2 N–H and O–H groups in total. The Morgan fingerprint density at radius 2 is 1.85 bits per heavy atom. The molecule has 1 heterocycles. The third kappa shape index (κ3) is 4.48. The molecule has 0 aliphatic heterocycles. The number of sulfonamides is 1. The van der Waals surface area contributed by atoms with Crippen LogP contribution in [0.5, 0.6) is 0 Å². The van der Waals surface area contributed by atoms with E-state index in [9.17, 15) is 21.6 Å². The minimum atomic E-state index is -4.01. The van der Waals surface area contributed by atoms with E-state index in [0.717, 1.165) is 6.26 Å². The Morgan fingerprint density at radius 1 is 1.19 bits per heavy atom. The molecule has 11 heteroatoms. The molecule has 1 atom stereocenters. The molecule has 0 aliphatic rings. The molecule has 1 aromatic carbocycles. The zero-order valence-electron chi connectivity index (χ0n) is 14.6. The molecule has 0 saturated heterocycles. The summed E-state index contributed by atoms with van der Waals surface area (Å²) >= 11 is 0. The number of nitrogens with zero attached hydrogens (tertiary/aromatic N) is 1. The van der Waals surface area contributed by atoms with Gasteiger partial charge in [-0.25, -0.2) is 16.8 Å². The van der Waals surface area contributed by atoms with Crippen LogP contribution in [0.1, 0.15) is 18.4 Å². The van der Waals surface area contributed by atoms with Gasteiger partial charge < -0.3 is 9.84 Å². The van der Waals surface area contributed by atoms with Gasteiger partial charge in [-0.15, -0.1) is 0 Å². The second-order valence-electron chi connectivity index (χ2n) is 5.79. The SMILES string of the molecule is Cc1noc(C)c1S(=O)(=O)N[C@@H](C)C(=O)Nc1cccc(S(C)(=O)=O)c1. The molecule has 26 heavy (non-hydrogen) atoms. The van der Waals surface area contributed by atoms with E-state index in [-0.39, 0.29) is 26.9 Å². The van der Waals surface area contributed by atoms with E-state index in [4.69, 9.17) is 4.52 Å². The second kappa shape index (κ2) is 7.17. The van der Waals surface area contributed by atoms with E-state index in [1.54, 1.807) is 0 Å². The van der Waals surface area contributed by atoms with Gasteiger partial charge in [-0.05, 0) is 39.0 Å². The van der Waals surface area contributed by atoms with Gasteiger partial charge in [0.25, 0.3) is 0 Å². The maximum Gasteiger partial charge on any atom is 0.246 e. The summed E-state index contributed by atoms with van der Waals surface area (Å²) in [5.74, 6) is -0.533. The van der Waals surface area contributed by atoms with Crippen molar-refractivity contribution in [3.8, 4) is 0 Å². The number of carbonyl (C=O) groups is 1. The summed E-state index contributed by atoms with van der Waals surface area (Å²) in [7, 11) is -7.44. The van der Waals surface area contributed by atoms with Crippen molar-refractivity contribution < 1.29 is 26.2 Å². The van der Waals surface area contributed by atoms with Crippen LogP contribution in [0, 0.1) is 13.8 Å². The number of carbonyl (C=O) groups excluding carboxylic acids is 1. The Bertz CT molecular complexity index is 1020. The number of sulfone groups is 1. The van der Waals surface area contributed by atoms with Gasteiger partial charge in [0.1, 0.15) is 10.6 Å². The van der Waals surface area contributed by atoms with E-state index in [1.165, 1.54) is 45.0 Å². The lowest BCUT2D eigenvalue weighted by Crippen LogP contribution is -2.41. The zero-order valence-corrected chi connectivity index (χ0v) is 16.2. The molecular weight excluding hydrogens is 382 g/mol. The minimum absolute atomic E-state index is 0.0410. The van der Waals surface area contributed by atoms with Crippen LogP contribution in [0.2, 0.25) is 0 Å². The summed E-state index contributed by atoms with van der Waals surface area (Å²) in [6.45, 7) is 4.30. The number of hydrogen-bond donors (Lipinski definition) is 2. The van der Waals surface area contributed by atoms with Crippen LogP contribution in [0.15, 0.2) is 38.6 Å². The van der Waals surface area contributed by atoms with Crippen LogP contribution >= 0.6 is 0 Å². The van der Waals surface area contributed by atoms with E-state index < -0.39 is 31.8 Å². The summed E-state index contributed by atoms with van der Waals surface area (Å²) < 4.78 is 55.1. The first-order valence-corrected chi connectivity index (χ1v) is 10.9. The fourth-order valence-electron chi connectivity index (χ4n) is 2.26. The first-order chi connectivity index (χ1) is 11.9. The number of nitrogens with one attached hydrogen (secondary N) is 2. The molecular formula is C15H19N3O6S2. The lowest BCUT2D eigenvalue weighted by Gasteiger charge is -2.14. The predicted molar refractivity (Wildman–Crippen MR) is 93.9 cm³/mol. The predicted octanol–water partition coefficient (Wildman–Crippen LogP) is 1.00. The summed E-state index contributed by atoms with van der Waals surface area (Å²) in [5.41, 5.74) is 0.421. The highest BCUT2D eigenvalue weighted by Gasteiger charge is 2.28. The molecule has 0 radical (unpaired) electrons. The number of anilines is 1. The number of aryl methyl sites for hydroxylation is 2. The van der Waals surface area contributed by atoms with Gasteiger partial charge in [0.15, 0.2) is 15.6 Å². The fourth-order valence-corrected chi connectivity index (χ4v) is 4.46. The van der Waals surface area contributed by atoms with Gasteiger partial charge in [0.05, 0.1) is 10.9 Å². The average molecular weight is 401 g/mol. The van der Waals surface area contributed by atoms with Crippen LogP contribution in [-0.4, -0.2) is 40.2 Å². The van der Waals surface area contributed by atoms with Gasteiger partial charge in [-0.2, -0.15) is 4.72 Å². The standard InChI is InChI=1S/C15H19N3O6S2/c1-9-14(11(3)24-17-9)26(22,23)18-10(2)15(19)16-12-6-5-7-13(8-12)25(4,20)21/h5-8,10,18H,1-4H3,(H,16,19)/t10-/m0/s1. The minimum Gasteiger partial charge on any atom is -0.360 e. The smallest absolute Gasteiger partial charge is 0.246 e. The van der Waals surface area contributed by atoms with Crippen molar-refractivity contribution in [2.45, 2.75) is 36.6 Å². The van der Waals surface area contributed by atoms with E-state index in [1.807, 2.05) is 0 Å². The molecule has 1 aromatic heterocycles. The monoisotopic (exact) mass is 401 g/mol. The van der Waals surface area contributed by atoms with E-state index in [2.05, 4.69) is 15.2 Å². The molecule has 2 aromatic rings. The third-order valence-corrected chi connectivity index (χ3v) is 6.39. The zero-order chi connectivity index (χ0) is 19.7. The van der Waals surface area contributed by atoms with E-state index >= 15 is 0 Å².